The van der Waals surface area contributed by atoms with Crippen molar-refractivity contribution in [1.29, 1.82) is 0 Å². The van der Waals surface area contributed by atoms with Crippen LogP contribution in [-0.4, -0.2) is 11.2 Å². The number of fused-ring (bicyclic) bond motifs is 1. The predicted molar refractivity (Wildman–Crippen MR) is 63.6 cm³/mol. The van der Waals surface area contributed by atoms with E-state index in [1.165, 1.54) is 32.1 Å². The van der Waals surface area contributed by atoms with Gasteiger partial charge >= 0.3 is 0 Å². The molecule has 0 bridgehead atoms. The molecule has 0 heterocycles. The van der Waals surface area contributed by atoms with Gasteiger partial charge in [0.25, 0.3) is 0 Å². The van der Waals surface area contributed by atoms with Gasteiger partial charge in [-0.3, -0.25) is 0 Å². The van der Waals surface area contributed by atoms with Gasteiger partial charge in [-0.15, -0.1) is 0 Å². The van der Waals surface area contributed by atoms with Crippen LogP contribution in [0.2, 0.25) is 0 Å². The summed E-state index contributed by atoms with van der Waals surface area (Å²) >= 11 is 0. The maximum Gasteiger partial charge on any atom is 0.0573 e. The van der Waals surface area contributed by atoms with E-state index in [0.29, 0.717) is 11.3 Å². The first kappa shape index (κ1) is 11.4. The van der Waals surface area contributed by atoms with Gasteiger partial charge in [0.15, 0.2) is 0 Å². The lowest BCUT2D eigenvalue weighted by molar-refractivity contribution is -0.0272. The quantitative estimate of drug-likeness (QED) is 0.738. The van der Waals surface area contributed by atoms with Crippen LogP contribution >= 0.6 is 0 Å². The van der Waals surface area contributed by atoms with Crippen molar-refractivity contribution in [3.8, 4) is 0 Å². The molecule has 5 atom stereocenters. The Hall–Kier alpha value is -0.0400. The van der Waals surface area contributed by atoms with Gasteiger partial charge in [-0.05, 0) is 48.9 Å². The lowest BCUT2D eigenvalue weighted by Crippen LogP contribution is -2.41. The molecular formula is C14H26O. The van der Waals surface area contributed by atoms with Crippen LogP contribution < -0.4 is 0 Å². The van der Waals surface area contributed by atoms with Crippen LogP contribution in [0.5, 0.6) is 0 Å². The Morgan fingerprint density at radius 3 is 2.73 bits per heavy atom. The maximum absolute atomic E-state index is 10.1. The molecule has 2 aliphatic carbocycles. The van der Waals surface area contributed by atoms with E-state index in [4.69, 9.17) is 0 Å². The zero-order valence-electron chi connectivity index (χ0n) is 10.5. The van der Waals surface area contributed by atoms with Crippen LogP contribution in [0.25, 0.3) is 0 Å². The third-order valence-electron chi connectivity index (χ3n) is 5.49. The molecule has 0 aromatic rings. The fourth-order valence-electron chi connectivity index (χ4n) is 4.41. The fourth-order valence-corrected chi connectivity index (χ4v) is 4.41. The second kappa shape index (κ2) is 4.08. The molecule has 88 valence electrons. The van der Waals surface area contributed by atoms with E-state index >= 15 is 0 Å². The van der Waals surface area contributed by atoms with Crippen LogP contribution in [0.15, 0.2) is 0 Å². The minimum absolute atomic E-state index is 0.00203. The molecule has 2 rings (SSSR count). The highest BCUT2D eigenvalue weighted by molar-refractivity contribution is 5.01. The molecule has 0 aromatic heterocycles. The Labute approximate surface area is 94.3 Å². The lowest BCUT2D eigenvalue weighted by Gasteiger charge is -2.45. The largest absolute Gasteiger partial charge is 0.393 e. The predicted octanol–water partition coefficient (Wildman–Crippen LogP) is 3.61. The van der Waals surface area contributed by atoms with Crippen molar-refractivity contribution in [2.24, 2.45) is 23.2 Å². The molecule has 0 aliphatic heterocycles. The second-order valence-electron chi connectivity index (χ2n) is 6.14. The van der Waals surface area contributed by atoms with E-state index in [9.17, 15) is 5.11 Å². The molecule has 2 saturated carbocycles. The second-order valence-corrected chi connectivity index (χ2v) is 6.14. The minimum Gasteiger partial charge on any atom is -0.393 e. The van der Waals surface area contributed by atoms with Gasteiger partial charge in [0, 0.05) is 0 Å². The van der Waals surface area contributed by atoms with Gasteiger partial charge in [-0.2, -0.15) is 0 Å². The van der Waals surface area contributed by atoms with Crippen LogP contribution in [0.1, 0.15) is 59.3 Å². The van der Waals surface area contributed by atoms with Crippen molar-refractivity contribution in [2.45, 2.75) is 65.4 Å². The SMILES string of the molecule is CC[C@@H](C)C1CCC2C(O)CCCC21C. The zero-order chi connectivity index (χ0) is 11.1. The highest BCUT2D eigenvalue weighted by Gasteiger charge is 2.51. The summed E-state index contributed by atoms with van der Waals surface area (Å²) in [7, 11) is 0. The van der Waals surface area contributed by atoms with Gasteiger partial charge in [0.05, 0.1) is 6.10 Å². The monoisotopic (exact) mass is 210 g/mol. The van der Waals surface area contributed by atoms with Crippen LogP contribution in [-0.2, 0) is 0 Å². The molecule has 0 radical (unpaired) electrons. The first-order valence-corrected chi connectivity index (χ1v) is 6.77. The van der Waals surface area contributed by atoms with E-state index < -0.39 is 0 Å². The van der Waals surface area contributed by atoms with E-state index in [0.717, 1.165) is 18.3 Å². The highest BCUT2D eigenvalue weighted by atomic mass is 16.3. The minimum atomic E-state index is -0.00203. The summed E-state index contributed by atoms with van der Waals surface area (Å²) in [6.07, 6.45) is 7.55. The number of hydrogen-bond acceptors (Lipinski definition) is 1. The Kier molecular flexibility index (Phi) is 3.12. The van der Waals surface area contributed by atoms with E-state index in [1.54, 1.807) is 0 Å². The number of aliphatic hydroxyl groups excluding tert-OH is 1. The Bertz CT molecular complexity index is 225. The average molecular weight is 210 g/mol. The number of hydrogen-bond donors (Lipinski definition) is 1. The fraction of sp³-hybridized carbons (Fsp3) is 1.00. The van der Waals surface area contributed by atoms with Crippen LogP contribution in [0, 0.1) is 23.2 Å². The Morgan fingerprint density at radius 2 is 2.07 bits per heavy atom. The van der Waals surface area contributed by atoms with Gasteiger partial charge < -0.3 is 5.11 Å². The molecule has 2 aliphatic rings. The molecule has 0 amide bonds. The summed E-state index contributed by atoms with van der Waals surface area (Å²) in [6, 6.07) is 0. The Morgan fingerprint density at radius 1 is 1.33 bits per heavy atom. The summed E-state index contributed by atoms with van der Waals surface area (Å²) in [6.45, 7) is 7.16. The number of rotatable bonds is 2. The summed E-state index contributed by atoms with van der Waals surface area (Å²) in [5.41, 5.74) is 0.451. The molecule has 0 aromatic carbocycles. The van der Waals surface area contributed by atoms with Crippen molar-refractivity contribution in [1.82, 2.24) is 0 Å². The van der Waals surface area contributed by atoms with Crippen molar-refractivity contribution in [2.75, 3.05) is 0 Å². The molecule has 0 spiro atoms. The molecular weight excluding hydrogens is 184 g/mol. The van der Waals surface area contributed by atoms with Crippen molar-refractivity contribution < 1.29 is 5.11 Å². The van der Waals surface area contributed by atoms with Crippen molar-refractivity contribution >= 4 is 0 Å². The van der Waals surface area contributed by atoms with Gasteiger partial charge in [-0.1, -0.05) is 33.6 Å². The zero-order valence-corrected chi connectivity index (χ0v) is 10.5. The number of aliphatic hydroxyl groups is 1. The van der Waals surface area contributed by atoms with E-state index in [2.05, 4.69) is 20.8 Å². The molecule has 1 nitrogen and oxygen atoms in total. The molecule has 1 N–H and O–H groups in total. The highest BCUT2D eigenvalue weighted by Crippen LogP contribution is 2.57. The van der Waals surface area contributed by atoms with Crippen molar-refractivity contribution in [3.05, 3.63) is 0 Å². The van der Waals surface area contributed by atoms with E-state index in [-0.39, 0.29) is 6.10 Å². The summed E-state index contributed by atoms with van der Waals surface area (Å²) in [5, 5.41) is 10.1. The third kappa shape index (κ3) is 1.73. The Balaban J connectivity index is 2.17. The summed E-state index contributed by atoms with van der Waals surface area (Å²) in [4.78, 5) is 0. The third-order valence-corrected chi connectivity index (χ3v) is 5.49. The van der Waals surface area contributed by atoms with Gasteiger partial charge in [0.1, 0.15) is 0 Å². The van der Waals surface area contributed by atoms with Gasteiger partial charge in [0.2, 0.25) is 0 Å². The van der Waals surface area contributed by atoms with Gasteiger partial charge in [-0.25, -0.2) is 0 Å². The molecule has 15 heavy (non-hydrogen) atoms. The summed E-state index contributed by atoms with van der Waals surface area (Å²) < 4.78 is 0. The molecule has 1 heteroatoms. The van der Waals surface area contributed by atoms with Crippen molar-refractivity contribution in [3.63, 3.8) is 0 Å². The molecule has 2 fully saturated rings. The first-order chi connectivity index (χ1) is 7.09. The normalized spacial score (nSPS) is 47.6. The summed E-state index contributed by atoms with van der Waals surface area (Å²) in [5.74, 6) is 2.30. The standard InChI is InChI=1S/C14H26O/c1-4-10(2)11-7-8-12-13(15)6-5-9-14(11,12)3/h10-13,15H,4-9H2,1-3H3/t10-,11?,12?,13?,14?/m1/s1. The topological polar surface area (TPSA) is 20.2 Å². The van der Waals surface area contributed by atoms with E-state index in [1.807, 2.05) is 0 Å². The molecule has 4 unspecified atom stereocenters. The maximum atomic E-state index is 10.1. The smallest absolute Gasteiger partial charge is 0.0573 e. The van der Waals surface area contributed by atoms with Crippen LogP contribution in [0.3, 0.4) is 0 Å². The van der Waals surface area contributed by atoms with Crippen LogP contribution in [0.4, 0.5) is 0 Å². The first-order valence-electron chi connectivity index (χ1n) is 6.77. The molecule has 0 saturated heterocycles. The average Bonchev–Trinajstić information content (AvgIpc) is 2.56. The lowest BCUT2D eigenvalue weighted by atomic mass is 9.61.